The summed E-state index contributed by atoms with van der Waals surface area (Å²) in [6, 6.07) is 13.2. The van der Waals surface area contributed by atoms with Gasteiger partial charge in [0.25, 0.3) is 0 Å². The van der Waals surface area contributed by atoms with E-state index in [4.69, 9.17) is 27.9 Å². The molecule has 0 spiro atoms. The number of para-hydroxylation sites is 1. The monoisotopic (exact) mass is 308 g/mol. The summed E-state index contributed by atoms with van der Waals surface area (Å²) in [5.41, 5.74) is 1.77. The number of hydrogen-bond acceptors (Lipinski definition) is 2. The lowest BCUT2D eigenvalue weighted by molar-refractivity contribution is 0.0646. The molecule has 20 heavy (non-hydrogen) atoms. The van der Waals surface area contributed by atoms with E-state index in [0.29, 0.717) is 22.2 Å². The quantitative estimate of drug-likeness (QED) is 0.897. The Morgan fingerprint density at radius 2 is 1.90 bits per heavy atom. The van der Waals surface area contributed by atoms with Crippen LogP contribution >= 0.6 is 23.2 Å². The average Bonchev–Trinajstić information content (AvgIpc) is 2.49. The van der Waals surface area contributed by atoms with E-state index >= 15 is 0 Å². The Morgan fingerprint density at radius 1 is 1.10 bits per heavy atom. The molecule has 2 atom stereocenters. The summed E-state index contributed by atoms with van der Waals surface area (Å²) in [6.45, 7) is 0.473. The van der Waals surface area contributed by atoms with Crippen molar-refractivity contribution in [2.45, 2.75) is 12.5 Å². The number of aliphatic hydroxyl groups is 1. The van der Waals surface area contributed by atoms with Gasteiger partial charge < -0.3 is 9.84 Å². The molecule has 0 aliphatic carbocycles. The highest BCUT2D eigenvalue weighted by Crippen LogP contribution is 2.37. The zero-order chi connectivity index (χ0) is 14.1. The number of ether oxygens (including phenoxy) is 1. The highest BCUT2D eigenvalue weighted by Gasteiger charge is 2.28. The van der Waals surface area contributed by atoms with Crippen LogP contribution in [0.4, 0.5) is 0 Å². The van der Waals surface area contributed by atoms with E-state index in [-0.39, 0.29) is 5.92 Å². The first-order valence-electron chi connectivity index (χ1n) is 6.49. The molecule has 0 radical (unpaired) electrons. The Hall–Kier alpha value is -1.22. The number of halogens is 2. The first kappa shape index (κ1) is 13.7. The van der Waals surface area contributed by atoms with Gasteiger partial charge in [0, 0.05) is 11.5 Å². The molecule has 3 rings (SSSR count). The Kier molecular flexibility index (Phi) is 3.88. The molecule has 0 amide bonds. The van der Waals surface area contributed by atoms with Gasteiger partial charge in [0.05, 0.1) is 22.8 Å². The average molecular weight is 309 g/mol. The fraction of sp³-hybridized carbons (Fsp3) is 0.250. The van der Waals surface area contributed by atoms with Crippen LogP contribution in [-0.4, -0.2) is 11.7 Å². The predicted octanol–water partition coefficient (Wildman–Crippen LogP) is 4.28. The summed E-state index contributed by atoms with van der Waals surface area (Å²) in [5.74, 6) is 0.869. The fourth-order valence-electron chi connectivity index (χ4n) is 2.56. The van der Waals surface area contributed by atoms with E-state index in [9.17, 15) is 5.11 Å². The molecule has 2 aromatic carbocycles. The third-order valence-electron chi connectivity index (χ3n) is 3.65. The van der Waals surface area contributed by atoms with Crippen molar-refractivity contribution in [1.29, 1.82) is 0 Å². The van der Waals surface area contributed by atoms with Gasteiger partial charge in [0.15, 0.2) is 0 Å². The Labute approximate surface area is 127 Å². The molecule has 0 saturated heterocycles. The van der Waals surface area contributed by atoms with E-state index in [0.717, 1.165) is 17.7 Å². The van der Waals surface area contributed by atoms with E-state index in [1.54, 1.807) is 18.2 Å². The predicted molar refractivity (Wildman–Crippen MR) is 80.6 cm³/mol. The van der Waals surface area contributed by atoms with Crippen LogP contribution in [0.2, 0.25) is 10.0 Å². The lowest BCUT2D eigenvalue weighted by atomic mass is 9.88. The van der Waals surface area contributed by atoms with Crippen LogP contribution in [0.15, 0.2) is 42.5 Å². The van der Waals surface area contributed by atoms with Crippen molar-refractivity contribution < 1.29 is 9.84 Å². The minimum Gasteiger partial charge on any atom is -0.493 e. The van der Waals surface area contributed by atoms with Gasteiger partial charge >= 0.3 is 0 Å². The van der Waals surface area contributed by atoms with Gasteiger partial charge in [-0.2, -0.15) is 0 Å². The summed E-state index contributed by atoms with van der Waals surface area (Å²) >= 11 is 12.2. The number of benzene rings is 2. The van der Waals surface area contributed by atoms with Crippen LogP contribution in [0.5, 0.6) is 5.75 Å². The summed E-state index contributed by atoms with van der Waals surface area (Å²) < 4.78 is 5.71. The summed E-state index contributed by atoms with van der Waals surface area (Å²) in [6.07, 6.45) is 0.0785. The topological polar surface area (TPSA) is 29.5 Å². The molecule has 0 saturated carbocycles. The van der Waals surface area contributed by atoms with Crippen LogP contribution < -0.4 is 4.74 Å². The fourth-order valence-corrected chi connectivity index (χ4v) is 2.98. The highest BCUT2D eigenvalue weighted by molar-refractivity contribution is 6.42. The molecule has 1 N–H and O–H groups in total. The van der Waals surface area contributed by atoms with Crippen molar-refractivity contribution in [2.24, 2.45) is 5.92 Å². The van der Waals surface area contributed by atoms with Gasteiger partial charge in [-0.1, -0.05) is 53.5 Å². The smallest absolute Gasteiger partial charge is 0.122 e. The molecule has 0 fully saturated rings. The van der Waals surface area contributed by atoms with Gasteiger partial charge in [-0.05, 0) is 24.1 Å². The van der Waals surface area contributed by atoms with Crippen molar-refractivity contribution in [1.82, 2.24) is 0 Å². The van der Waals surface area contributed by atoms with Gasteiger partial charge in [0.1, 0.15) is 5.75 Å². The molecule has 1 heterocycles. The van der Waals surface area contributed by atoms with Crippen molar-refractivity contribution in [3.63, 3.8) is 0 Å². The maximum atomic E-state index is 10.6. The second kappa shape index (κ2) is 5.65. The van der Waals surface area contributed by atoms with Crippen LogP contribution in [-0.2, 0) is 6.42 Å². The molecule has 0 aromatic heterocycles. The zero-order valence-corrected chi connectivity index (χ0v) is 12.2. The Balaban J connectivity index is 1.86. The van der Waals surface area contributed by atoms with Gasteiger partial charge in [-0.25, -0.2) is 0 Å². The highest BCUT2D eigenvalue weighted by atomic mass is 35.5. The SMILES string of the molecule is OC(c1cccc(Cl)c1Cl)C1COc2ccccc2C1. The van der Waals surface area contributed by atoms with E-state index in [1.807, 2.05) is 24.3 Å². The van der Waals surface area contributed by atoms with Gasteiger partial charge in [-0.3, -0.25) is 0 Å². The maximum absolute atomic E-state index is 10.6. The van der Waals surface area contributed by atoms with Crippen molar-refractivity contribution in [3.05, 3.63) is 63.6 Å². The number of hydrogen-bond donors (Lipinski definition) is 1. The number of rotatable bonds is 2. The van der Waals surface area contributed by atoms with Crippen LogP contribution in [0.25, 0.3) is 0 Å². The van der Waals surface area contributed by atoms with E-state index in [1.165, 1.54) is 0 Å². The molecule has 1 aliphatic heterocycles. The Bertz CT molecular complexity index is 628. The van der Waals surface area contributed by atoms with Crippen LogP contribution in [0.1, 0.15) is 17.2 Å². The molecule has 2 unspecified atom stereocenters. The molecule has 104 valence electrons. The van der Waals surface area contributed by atoms with Crippen LogP contribution in [0, 0.1) is 5.92 Å². The normalized spacial score (nSPS) is 19.1. The minimum absolute atomic E-state index is 0.0270. The minimum atomic E-state index is -0.686. The van der Waals surface area contributed by atoms with E-state index in [2.05, 4.69) is 0 Å². The molecular formula is C16H14Cl2O2. The standard InChI is InChI=1S/C16H14Cl2O2/c17-13-6-3-5-12(15(13)18)16(19)11-8-10-4-1-2-7-14(10)20-9-11/h1-7,11,16,19H,8-9H2. The third-order valence-corrected chi connectivity index (χ3v) is 4.49. The molecular weight excluding hydrogens is 295 g/mol. The third kappa shape index (κ3) is 2.51. The second-order valence-electron chi connectivity index (χ2n) is 4.97. The first-order chi connectivity index (χ1) is 9.66. The van der Waals surface area contributed by atoms with Crippen LogP contribution in [0.3, 0.4) is 0 Å². The molecule has 4 heteroatoms. The summed E-state index contributed by atoms with van der Waals surface area (Å²) in [7, 11) is 0. The van der Waals surface area contributed by atoms with Gasteiger partial charge in [0.2, 0.25) is 0 Å². The van der Waals surface area contributed by atoms with Crippen molar-refractivity contribution in [3.8, 4) is 5.75 Å². The van der Waals surface area contributed by atoms with Gasteiger partial charge in [-0.15, -0.1) is 0 Å². The molecule has 2 nitrogen and oxygen atoms in total. The van der Waals surface area contributed by atoms with Crippen molar-refractivity contribution in [2.75, 3.05) is 6.61 Å². The molecule has 1 aliphatic rings. The lowest BCUT2D eigenvalue weighted by Gasteiger charge is -2.29. The molecule has 0 bridgehead atoms. The van der Waals surface area contributed by atoms with E-state index < -0.39 is 6.10 Å². The zero-order valence-electron chi connectivity index (χ0n) is 10.7. The number of fused-ring (bicyclic) bond motifs is 1. The largest absolute Gasteiger partial charge is 0.493 e. The Morgan fingerprint density at radius 3 is 2.75 bits per heavy atom. The maximum Gasteiger partial charge on any atom is 0.122 e. The number of aliphatic hydroxyl groups excluding tert-OH is 1. The lowest BCUT2D eigenvalue weighted by Crippen LogP contribution is -2.26. The second-order valence-corrected chi connectivity index (χ2v) is 5.76. The summed E-state index contributed by atoms with van der Waals surface area (Å²) in [4.78, 5) is 0. The van der Waals surface area contributed by atoms with Crippen molar-refractivity contribution >= 4 is 23.2 Å². The molecule has 2 aromatic rings. The first-order valence-corrected chi connectivity index (χ1v) is 7.25. The summed E-state index contributed by atoms with van der Waals surface area (Å²) in [5, 5.41) is 11.4.